The molecule has 1 N–H and O–H groups in total. The van der Waals surface area contributed by atoms with E-state index in [9.17, 15) is 0 Å². The van der Waals surface area contributed by atoms with Crippen molar-refractivity contribution in [2.45, 2.75) is 12.5 Å². The van der Waals surface area contributed by atoms with Crippen LogP contribution >= 0.6 is 27.3 Å². The van der Waals surface area contributed by atoms with E-state index in [-0.39, 0.29) is 0 Å². The van der Waals surface area contributed by atoms with Gasteiger partial charge in [-0.3, -0.25) is 4.90 Å². The quantitative estimate of drug-likeness (QED) is 0.902. The lowest BCUT2D eigenvalue weighted by molar-refractivity contribution is 0.244. The van der Waals surface area contributed by atoms with Crippen LogP contribution in [0.25, 0.3) is 0 Å². The number of hydrogen-bond donors (Lipinski definition) is 1. The zero-order chi connectivity index (χ0) is 13.8. The minimum Gasteiger partial charge on any atom is -0.315 e. The number of hydrogen-bond acceptors (Lipinski definition) is 3. The van der Waals surface area contributed by atoms with E-state index in [2.05, 4.69) is 67.9 Å². The van der Waals surface area contributed by atoms with Gasteiger partial charge in [-0.2, -0.15) is 0 Å². The standard InChI is InChI=1S/C16H19BrN2S/c17-14-5-1-4-13(12-14)16(15-6-2-11-20-15)19-9-3-7-18-8-10-19/h1-2,4-6,11-12,16,18H,3,7-10H2. The number of halogens is 1. The van der Waals surface area contributed by atoms with Gasteiger partial charge in [0, 0.05) is 29.0 Å². The maximum absolute atomic E-state index is 3.61. The maximum atomic E-state index is 3.61. The Balaban J connectivity index is 1.95. The topological polar surface area (TPSA) is 15.3 Å². The van der Waals surface area contributed by atoms with Crippen LogP contribution in [0.2, 0.25) is 0 Å². The van der Waals surface area contributed by atoms with Gasteiger partial charge in [-0.05, 0) is 42.1 Å². The largest absolute Gasteiger partial charge is 0.315 e. The number of benzene rings is 1. The van der Waals surface area contributed by atoms with Crippen molar-refractivity contribution < 1.29 is 0 Å². The number of nitrogens with zero attached hydrogens (tertiary/aromatic N) is 1. The Morgan fingerprint density at radius 3 is 2.90 bits per heavy atom. The van der Waals surface area contributed by atoms with Crippen molar-refractivity contribution in [2.24, 2.45) is 0 Å². The Bertz CT molecular complexity index is 533. The van der Waals surface area contributed by atoms with Gasteiger partial charge in [-0.1, -0.05) is 34.1 Å². The molecule has 0 bridgehead atoms. The summed E-state index contributed by atoms with van der Waals surface area (Å²) in [5, 5.41) is 5.67. The molecule has 4 heteroatoms. The molecular formula is C16H19BrN2S. The van der Waals surface area contributed by atoms with Gasteiger partial charge >= 0.3 is 0 Å². The predicted octanol–water partition coefficient (Wildman–Crippen LogP) is 3.90. The molecule has 0 radical (unpaired) electrons. The Kier molecular flexibility index (Phi) is 4.89. The molecule has 20 heavy (non-hydrogen) atoms. The first-order valence-electron chi connectivity index (χ1n) is 7.08. The third-order valence-electron chi connectivity index (χ3n) is 3.72. The lowest BCUT2D eigenvalue weighted by Gasteiger charge is -2.30. The summed E-state index contributed by atoms with van der Waals surface area (Å²) in [5.41, 5.74) is 1.38. The van der Waals surface area contributed by atoms with Gasteiger partial charge in [0.1, 0.15) is 0 Å². The van der Waals surface area contributed by atoms with Crippen LogP contribution in [0.1, 0.15) is 22.9 Å². The predicted molar refractivity (Wildman–Crippen MR) is 89.4 cm³/mol. The van der Waals surface area contributed by atoms with Crippen molar-refractivity contribution >= 4 is 27.3 Å². The van der Waals surface area contributed by atoms with Crippen LogP contribution in [0.4, 0.5) is 0 Å². The van der Waals surface area contributed by atoms with Gasteiger partial charge < -0.3 is 5.32 Å². The van der Waals surface area contributed by atoms with Crippen molar-refractivity contribution in [3.05, 3.63) is 56.7 Å². The summed E-state index contributed by atoms with van der Waals surface area (Å²) in [5.74, 6) is 0. The Hall–Kier alpha value is -0.680. The molecular weight excluding hydrogens is 332 g/mol. The second-order valence-electron chi connectivity index (χ2n) is 5.11. The van der Waals surface area contributed by atoms with E-state index in [4.69, 9.17) is 0 Å². The van der Waals surface area contributed by atoms with Crippen LogP contribution in [0.5, 0.6) is 0 Å². The summed E-state index contributed by atoms with van der Waals surface area (Å²) in [6.07, 6.45) is 1.22. The smallest absolute Gasteiger partial charge is 0.0696 e. The summed E-state index contributed by atoms with van der Waals surface area (Å²) >= 11 is 5.46. The SMILES string of the molecule is Brc1cccc(C(c2cccs2)N2CCCNCC2)c1. The fraction of sp³-hybridized carbons (Fsp3) is 0.375. The van der Waals surface area contributed by atoms with Gasteiger partial charge in [-0.15, -0.1) is 11.3 Å². The van der Waals surface area contributed by atoms with Crippen molar-refractivity contribution in [1.82, 2.24) is 10.2 Å². The van der Waals surface area contributed by atoms with Crippen molar-refractivity contribution in [3.8, 4) is 0 Å². The molecule has 3 rings (SSSR count). The zero-order valence-corrected chi connectivity index (χ0v) is 13.8. The zero-order valence-electron chi connectivity index (χ0n) is 11.4. The molecule has 0 aliphatic carbocycles. The number of nitrogens with one attached hydrogen (secondary N) is 1. The second kappa shape index (κ2) is 6.85. The van der Waals surface area contributed by atoms with E-state index >= 15 is 0 Å². The molecule has 1 unspecified atom stereocenters. The normalized spacial score (nSPS) is 18.6. The van der Waals surface area contributed by atoms with Crippen LogP contribution in [-0.4, -0.2) is 31.1 Å². The highest BCUT2D eigenvalue weighted by Crippen LogP contribution is 2.33. The molecule has 0 spiro atoms. The summed E-state index contributed by atoms with van der Waals surface area (Å²) < 4.78 is 1.16. The first-order valence-corrected chi connectivity index (χ1v) is 8.75. The number of thiophene rings is 1. The van der Waals surface area contributed by atoms with E-state index in [0.717, 1.165) is 30.7 Å². The van der Waals surface area contributed by atoms with Crippen LogP contribution in [0, 0.1) is 0 Å². The van der Waals surface area contributed by atoms with Crippen LogP contribution in [0.3, 0.4) is 0 Å². The maximum Gasteiger partial charge on any atom is 0.0696 e. The Labute approximate surface area is 132 Å². The third kappa shape index (κ3) is 3.31. The Morgan fingerprint density at radius 1 is 1.15 bits per heavy atom. The lowest BCUT2D eigenvalue weighted by Crippen LogP contribution is -2.32. The summed E-state index contributed by atoms with van der Waals surface area (Å²) in [4.78, 5) is 4.04. The third-order valence-corrected chi connectivity index (χ3v) is 5.13. The summed E-state index contributed by atoms with van der Waals surface area (Å²) in [6.45, 7) is 4.47. The minimum absolute atomic E-state index is 0.382. The van der Waals surface area contributed by atoms with Gasteiger partial charge in [0.2, 0.25) is 0 Å². The average molecular weight is 351 g/mol. The van der Waals surface area contributed by atoms with E-state index in [1.165, 1.54) is 16.9 Å². The van der Waals surface area contributed by atoms with Gasteiger partial charge in [0.25, 0.3) is 0 Å². The molecule has 0 amide bonds. The molecule has 1 saturated heterocycles. The van der Waals surface area contributed by atoms with Crippen LogP contribution < -0.4 is 5.32 Å². The molecule has 106 valence electrons. The van der Waals surface area contributed by atoms with Gasteiger partial charge in [0.05, 0.1) is 6.04 Å². The van der Waals surface area contributed by atoms with Gasteiger partial charge in [-0.25, -0.2) is 0 Å². The molecule has 1 aromatic heterocycles. The highest BCUT2D eigenvalue weighted by Gasteiger charge is 2.23. The highest BCUT2D eigenvalue weighted by atomic mass is 79.9. The second-order valence-corrected chi connectivity index (χ2v) is 7.01. The molecule has 2 aromatic rings. The molecule has 2 heterocycles. The van der Waals surface area contributed by atoms with Crippen molar-refractivity contribution in [1.29, 1.82) is 0 Å². The van der Waals surface area contributed by atoms with Gasteiger partial charge in [0.15, 0.2) is 0 Å². The molecule has 1 aliphatic heterocycles. The minimum atomic E-state index is 0.382. The number of rotatable bonds is 3. The van der Waals surface area contributed by atoms with E-state index in [1.807, 2.05) is 11.3 Å². The lowest BCUT2D eigenvalue weighted by atomic mass is 10.0. The molecule has 1 aromatic carbocycles. The first kappa shape index (κ1) is 14.3. The fourth-order valence-electron chi connectivity index (χ4n) is 2.80. The molecule has 0 saturated carbocycles. The molecule has 2 nitrogen and oxygen atoms in total. The van der Waals surface area contributed by atoms with E-state index in [1.54, 1.807) is 0 Å². The van der Waals surface area contributed by atoms with E-state index < -0.39 is 0 Å². The van der Waals surface area contributed by atoms with Crippen molar-refractivity contribution in [3.63, 3.8) is 0 Å². The fourth-order valence-corrected chi connectivity index (χ4v) is 4.11. The average Bonchev–Trinajstić information content (AvgIpc) is 2.83. The van der Waals surface area contributed by atoms with E-state index in [0.29, 0.717) is 6.04 Å². The van der Waals surface area contributed by atoms with Crippen LogP contribution in [-0.2, 0) is 0 Å². The van der Waals surface area contributed by atoms with Crippen LogP contribution in [0.15, 0.2) is 46.3 Å². The Morgan fingerprint density at radius 2 is 2.10 bits per heavy atom. The monoisotopic (exact) mass is 350 g/mol. The highest BCUT2D eigenvalue weighted by molar-refractivity contribution is 9.10. The molecule has 1 atom stereocenters. The summed E-state index contributed by atoms with van der Waals surface area (Å²) in [7, 11) is 0. The molecule has 1 aliphatic rings. The molecule has 1 fully saturated rings. The first-order chi connectivity index (χ1) is 9.84. The summed E-state index contributed by atoms with van der Waals surface area (Å²) in [6, 6.07) is 13.5. The van der Waals surface area contributed by atoms with Crippen molar-refractivity contribution in [2.75, 3.05) is 26.2 Å².